The lowest BCUT2D eigenvalue weighted by Gasteiger charge is -2.32. The van der Waals surface area contributed by atoms with E-state index in [0.717, 1.165) is 61.7 Å². The molecule has 1 aliphatic heterocycles. The molecule has 2 aromatic heterocycles. The molecule has 4 rings (SSSR count). The Hall–Kier alpha value is -1.93. The molecule has 0 unspecified atom stereocenters. The summed E-state index contributed by atoms with van der Waals surface area (Å²) in [6, 6.07) is 4.70. The van der Waals surface area contributed by atoms with Gasteiger partial charge in [-0.1, -0.05) is 30.6 Å². The van der Waals surface area contributed by atoms with Crippen LogP contribution in [-0.4, -0.2) is 64.8 Å². The van der Waals surface area contributed by atoms with Gasteiger partial charge in [-0.05, 0) is 57.8 Å². The van der Waals surface area contributed by atoms with Gasteiger partial charge in [-0.25, -0.2) is 0 Å². The topological polar surface area (TPSA) is 66.3 Å². The minimum Gasteiger partial charge on any atom is -0.356 e. The molecule has 0 spiro atoms. The van der Waals surface area contributed by atoms with Gasteiger partial charge in [-0.15, -0.1) is 10.2 Å². The molecule has 1 saturated carbocycles. The second-order valence-electron chi connectivity index (χ2n) is 8.66. The van der Waals surface area contributed by atoms with E-state index in [1.54, 1.807) is 11.3 Å². The van der Waals surface area contributed by atoms with Gasteiger partial charge in [0.1, 0.15) is 0 Å². The van der Waals surface area contributed by atoms with E-state index in [-0.39, 0.29) is 11.8 Å². The quantitative estimate of drug-likeness (QED) is 0.651. The largest absolute Gasteiger partial charge is 0.356 e. The number of carbonyl (C=O) groups excluding carboxylic acids is 1. The number of anilines is 1. The van der Waals surface area contributed by atoms with Crippen molar-refractivity contribution in [1.29, 1.82) is 0 Å². The summed E-state index contributed by atoms with van der Waals surface area (Å²) in [5, 5.41) is 13.6. The van der Waals surface area contributed by atoms with Crippen molar-refractivity contribution in [2.24, 2.45) is 5.92 Å². The second-order valence-corrected chi connectivity index (χ2v) is 9.59. The highest BCUT2D eigenvalue weighted by Gasteiger charge is 2.27. The lowest BCUT2D eigenvalue weighted by Crippen LogP contribution is -2.43. The van der Waals surface area contributed by atoms with Crippen molar-refractivity contribution >= 4 is 22.4 Å². The molecule has 0 radical (unpaired) electrons. The highest BCUT2D eigenvalue weighted by atomic mass is 32.1. The van der Waals surface area contributed by atoms with Gasteiger partial charge in [0.25, 0.3) is 0 Å². The molecule has 8 heteroatoms. The van der Waals surface area contributed by atoms with Gasteiger partial charge in [-0.3, -0.25) is 9.36 Å². The first-order valence-corrected chi connectivity index (χ1v) is 12.2. The Morgan fingerprint density at radius 3 is 2.70 bits per heavy atom. The maximum absolute atomic E-state index is 12.7. The minimum absolute atomic E-state index is 0.0359. The van der Waals surface area contributed by atoms with E-state index in [2.05, 4.69) is 32.4 Å². The third kappa shape index (κ3) is 5.40. The summed E-state index contributed by atoms with van der Waals surface area (Å²) in [6.07, 6.45) is 13.7. The number of nitrogens with zero attached hydrogens (tertiary/aromatic N) is 5. The highest BCUT2D eigenvalue weighted by Crippen LogP contribution is 2.28. The maximum atomic E-state index is 12.7. The molecule has 1 amide bonds. The van der Waals surface area contributed by atoms with Crippen molar-refractivity contribution in [3.8, 4) is 5.13 Å². The van der Waals surface area contributed by atoms with Gasteiger partial charge in [-0.2, -0.15) is 0 Å². The molecule has 2 aromatic rings. The van der Waals surface area contributed by atoms with Crippen LogP contribution in [0.3, 0.4) is 0 Å². The van der Waals surface area contributed by atoms with Crippen LogP contribution in [0.1, 0.15) is 51.4 Å². The molecule has 0 aromatic carbocycles. The van der Waals surface area contributed by atoms with Crippen LogP contribution in [0.25, 0.3) is 5.13 Å². The summed E-state index contributed by atoms with van der Waals surface area (Å²) in [7, 11) is 2.24. The molecule has 1 atom stereocenters. The van der Waals surface area contributed by atoms with E-state index in [9.17, 15) is 4.79 Å². The van der Waals surface area contributed by atoms with Crippen molar-refractivity contribution in [3.05, 3.63) is 24.5 Å². The zero-order valence-corrected chi connectivity index (χ0v) is 18.8. The lowest BCUT2D eigenvalue weighted by atomic mass is 9.94. The summed E-state index contributed by atoms with van der Waals surface area (Å²) in [5.74, 6) is 0.226. The van der Waals surface area contributed by atoms with Crippen LogP contribution in [-0.2, 0) is 4.79 Å². The Labute approximate surface area is 183 Å². The van der Waals surface area contributed by atoms with E-state index >= 15 is 0 Å². The maximum Gasteiger partial charge on any atom is 0.224 e. The lowest BCUT2D eigenvalue weighted by molar-refractivity contribution is -0.125. The van der Waals surface area contributed by atoms with Gasteiger partial charge < -0.3 is 15.1 Å². The SMILES string of the molecule is CN(CCCNC(=O)[C@H]1CCCN(c2nnc(-n3cccc3)s2)C1)C1CCCCC1. The van der Waals surface area contributed by atoms with Crippen LogP contribution in [0.5, 0.6) is 0 Å². The Morgan fingerprint density at radius 1 is 1.13 bits per heavy atom. The van der Waals surface area contributed by atoms with Crippen LogP contribution in [0.2, 0.25) is 0 Å². The number of hydrogen-bond donors (Lipinski definition) is 1. The predicted octanol–water partition coefficient (Wildman–Crippen LogP) is 3.32. The molecule has 3 heterocycles. The van der Waals surface area contributed by atoms with E-state index < -0.39 is 0 Å². The zero-order valence-electron chi connectivity index (χ0n) is 18.0. The first-order valence-electron chi connectivity index (χ1n) is 11.4. The van der Waals surface area contributed by atoms with Crippen molar-refractivity contribution in [3.63, 3.8) is 0 Å². The molecule has 2 aliphatic rings. The number of nitrogens with one attached hydrogen (secondary N) is 1. The summed E-state index contributed by atoms with van der Waals surface area (Å²) >= 11 is 1.58. The zero-order chi connectivity index (χ0) is 20.8. The average molecular weight is 431 g/mol. The van der Waals surface area contributed by atoms with Crippen LogP contribution >= 0.6 is 11.3 Å². The number of rotatable bonds is 8. The van der Waals surface area contributed by atoms with E-state index in [4.69, 9.17) is 0 Å². The molecular formula is C22H34N6OS. The standard InChI is InChI=1S/C22H34N6OS/c1-26(19-10-3-2-4-11-19)13-8-12-23-20(29)18-9-7-16-28(17-18)22-25-24-21(30-22)27-14-5-6-15-27/h5-6,14-15,18-19H,2-4,7-13,16-17H2,1H3,(H,23,29)/t18-/m0/s1. The molecular weight excluding hydrogens is 396 g/mol. The number of carbonyl (C=O) groups is 1. The predicted molar refractivity (Wildman–Crippen MR) is 121 cm³/mol. The van der Waals surface area contributed by atoms with E-state index in [1.807, 2.05) is 29.1 Å². The van der Waals surface area contributed by atoms with Crippen molar-refractivity contribution in [2.45, 2.75) is 57.4 Å². The number of amides is 1. The fourth-order valence-corrected chi connectivity index (χ4v) is 5.50. The summed E-state index contributed by atoms with van der Waals surface area (Å²) < 4.78 is 1.97. The van der Waals surface area contributed by atoms with Gasteiger partial charge in [0.2, 0.25) is 16.2 Å². The molecule has 1 saturated heterocycles. The van der Waals surface area contributed by atoms with Crippen LogP contribution < -0.4 is 10.2 Å². The third-order valence-electron chi connectivity index (χ3n) is 6.48. The van der Waals surface area contributed by atoms with Crippen LogP contribution in [0.4, 0.5) is 5.13 Å². The molecule has 30 heavy (non-hydrogen) atoms. The Balaban J connectivity index is 1.21. The van der Waals surface area contributed by atoms with Crippen LogP contribution in [0.15, 0.2) is 24.5 Å². The van der Waals surface area contributed by atoms with Crippen molar-refractivity contribution < 1.29 is 4.79 Å². The Bertz CT molecular complexity index is 785. The normalized spacial score (nSPS) is 20.6. The number of hydrogen-bond acceptors (Lipinski definition) is 6. The van der Waals surface area contributed by atoms with Gasteiger partial charge in [0.05, 0.1) is 5.92 Å². The molecule has 2 fully saturated rings. The summed E-state index contributed by atoms with van der Waals surface area (Å²) in [5.41, 5.74) is 0. The van der Waals surface area contributed by atoms with Gasteiger partial charge in [0, 0.05) is 38.1 Å². The third-order valence-corrected chi connectivity index (χ3v) is 7.47. The van der Waals surface area contributed by atoms with Gasteiger partial charge >= 0.3 is 0 Å². The summed E-state index contributed by atoms with van der Waals surface area (Å²) in [6.45, 7) is 3.50. The minimum atomic E-state index is 0.0359. The fourth-order valence-electron chi connectivity index (χ4n) is 4.66. The molecule has 1 N–H and O–H groups in total. The second kappa shape index (κ2) is 10.4. The molecule has 0 bridgehead atoms. The van der Waals surface area contributed by atoms with Gasteiger partial charge in [0.15, 0.2) is 0 Å². The number of aromatic nitrogens is 3. The van der Waals surface area contributed by atoms with Crippen LogP contribution in [0, 0.1) is 5.92 Å². The molecule has 164 valence electrons. The fraction of sp³-hybridized carbons (Fsp3) is 0.682. The first-order chi connectivity index (χ1) is 14.7. The Kier molecular flexibility index (Phi) is 7.38. The monoisotopic (exact) mass is 430 g/mol. The van der Waals surface area contributed by atoms with E-state index in [0.29, 0.717) is 0 Å². The van der Waals surface area contributed by atoms with Crippen molar-refractivity contribution in [1.82, 2.24) is 25.0 Å². The summed E-state index contributed by atoms with van der Waals surface area (Å²) in [4.78, 5) is 17.4. The number of piperidine rings is 1. The average Bonchev–Trinajstić information content (AvgIpc) is 3.49. The van der Waals surface area contributed by atoms with Crippen molar-refractivity contribution in [2.75, 3.05) is 38.1 Å². The molecule has 1 aliphatic carbocycles. The van der Waals surface area contributed by atoms with E-state index in [1.165, 1.54) is 32.1 Å². The smallest absolute Gasteiger partial charge is 0.224 e. The first kappa shape index (κ1) is 21.3. The Morgan fingerprint density at radius 2 is 1.90 bits per heavy atom. The molecule has 7 nitrogen and oxygen atoms in total. The highest BCUT2D eigenvalue weighted by molar-refractivity contribution is 7.17.